The Labute approximate surface area is 117 Å². The van der Waals surface area contributed by atoms with Crippen LogP contribution >= 0.6 is 11.6 Å². The second kappa shape index (κ2) is 5.02. The van der Waals surface area contributed by atoms with Crippen LogP contribution in [-0.4, -0.2) is 18.3 Å². The van der Waals surface area contributed by atoms with Crippen LogP contribution in [0.15, 0.2) is 42.5 Å². The first kappa shape index (κ1) is 12.2. The molecule has 98 valence electrons. The molecule has 1 heterocycles. The van der Waals surface area contributed by atoms with Crippen molar-refractivity contribution in [1.29, 1.82) is 0 Å². The van der Waals surface area contributed by atoms with Crippen molar-refractivity contribution in [2.45, 2.75) is 6.54 Å². The molecular formula is C15H14ClNO2. The highest BCUT2D eigenvalue weighted by Crippen LogP contribution is 2.33. The monoisotopic (exact) mass is 275 g/mol. The maximum Gasteiger partial charge on any atom is 0.142 e. The zero-order chi connectivity index (χ0) is 13.2. The first-order chi connectivity index (χ1) is 9.24. The number of anilines is 1. The number of fused-ring (bicyclic) bond motifs is 1. The molecule has 0 aromatic heterocycles. The van der Waals surface area contributed by atoms with Gasteiger partial charge in [0.1, 0.15) is 18.1 Å². The van der Waals surface area contributed by atoms with E-state index in [1.54, 1.807) is 12.1 Å². The zero-order valence-corrected chi connectivity index (χ0v) is 11.1. The van der Waals surface area contributed by atoms with Crippen LogP contribution in [0.25, 0.3) is 0 Å². The van der Waals surface area contributed by atoms with Gasteiger partial charge in [0, 0.05) is 11.6 Å². The van der Waals surface area contributed by atoms with E-state index in [1.807, 2.05) is 30.3 Å². The molecule has 0 amide bonds. The Balaban J connectivity index is 1.88. The van der Waals surface area contributed by atoms with Gasteiger partial charge in [-0.25, -0.2) is 0 Å². The quantitative estimate of drug-likeness (QED) is 0.911. The van der Waals surface area contributed by atoms with Gasteiger partial charge >= 0.3 is 0 Å². The maximum absolute atomic E-state index is 9.38. The van der Waals surface area contributed by atoms with E-state index in [9.17, 15) is 5.11 Å². The van der Waals surface area contributed by atoms with E-state index in [1.165, 1.54) is 0 Å². The first-order valence-corrected chi connectivity index (χ1v) is 6.56. The summed E-state index contributed by atoms with van der Waals surface area (Å²) in [5, 5.41) is 9.97. The van der Waals surface area contributed by atoms with E-state index in [4.69, 9.17) is 16.3 Å². The van der Waals surface area contributed by atoms with E-state index in [0.717, 1.165) is 23.5 Å². The highest BCUT2D eigenvalue weighted by Gasteiger charge is 2.18. The Morgan fingerprint density at radius 1 is 1.21 bits per heavy atom. The Bertz CT molecular complexity index is 600. The number of ether oxygens (including phenoxy) is 1. The van der Waals surface area contributed by atoms with Gasteiger partial charge in [0.05, 0.1) is 12.2 Å². The van der Waals surface area contributed by atoms with Crippen LogP contribution in [0.2, 0.25) is 5.02 Å². The molecule has 1 aliphatic rings. The normalized spacial score (nSPS) is 13.8. The summed E-state index contributed by atoms with van der Waals surface area (Å²) in [5.41, 5.74) is 2.08. The molecule has 3 nitrogen and oxygen atoms in total. The predicted molar refractivity (Wildman–Crippen MR) is 76.1 cm³/mol. The molecule has 4 heteroatoms. The molecule has 19 heavy (non-hydrogen) atoms. The van der Waals surface area contributed by atoms with Gasteiger partial charge < -0.3 is 14.7 Å². The minimum atomic E-state index is 0.191. The van der Waals surface area contributed by atoms with Crippen LogP contribution < -0.4 is 9.64 Å². The van der Waals surface area contributed by atoms with Crippen LogP contribution in [0.3, 0.4) is 0 Å². The standard InChI is InChI=1S/C15H14ClNO2/c16-13-9-12(18)6-5-11(13)10-17-7-8-19-15-4-2-1-3-14(15)17/h1-6,9,18H,7-8,10H2. The number of benzene rings is 2. The van der Waals surface area contributed by atoms with Gasteiger partial charge in [0.2, 0.25) is 0 Å². The van der Waals surface area contributed by atoms with Gasteiger partial charge in [0.25, 0.3) is 0 Å². The van der Waals surface area contributed by atoms with Crippen molar-refractivity contribution in [3.05, 3.63) is 53.1 Å². The molecule has 1 N–H and O–H groups in total. The second-order valence-corrected chi connectivity index (χ2v) is 4.92. The number of phenols is 1. The van der Waals surface area contributed by atoms with Crippen molar-refractivity contribution in [3.8, 4) is 11.5 Å². The smallest absolute Gasteiger partial charge is 0.142 e. The van der Waals surface area contributed by atoms with Gasteiger partial charge in [-0.1, -0.05) is 29.8 Å². The fraction of sp³-hybridized carbons (Fsp3) is 0.200. The van der Waals surface area contributed by atoms with Crippen LogP contribution in [0.5, 0.6) is 11.5 Å². The molecule has 1 aliphatic heterocycles. The number of hydrogen-bond acceptors (Lipinski definition) is 3. The summed E-state index contributed by atoms with van der Waals surface area (Å²) in [4.78, 5) is 2.23. The Kier molecular flexibility index (Phi) is 3.22. The summed E-state index contributed by atoms with van der Waals surface area (Å²) in [6, 6.07) is 13.1. The van der Waals surface area contributed by atoms with Crippen molar-refractivity contribution in [1.82, 2.24) is 0 Å². The number of hydrogen-bond donors (Lipinski definition) is 1. The number of phenolic OH excluding ortho intramolecular Hbond substituents is 1. The highest BCUT2D eigenvalue weighted by atomic mass is 35.5. The number of rotatable bonds is 2. The zero-order valence-electron chi connectivity index (χ0n) is 10.3. The number of halogens is 1. The molecule has 0 saturated carbocycles. The summed E-state index contributed by atoms with van der Waals surface area (Å²) in [6.07, 6.45) is 0. The first-order valence-electron chi connectivity index (χ1n) is 6.18. The second-order valence-electron chi connectivity index (χ2n) is 4.51. The van der Waals surface area contributed by atoms with Gasteiger partial charge in [-0.3, -0.25) is 0 Å². The predicted octanol–water partition coefficient (Wildman–Crippen LogP) is 3.44. The van der Waals surface area contributed by atoms with Crippen LogP contribution in [0, 0.1) is 0 Å². The largest absolute Gasteiger partial charge is 0.508 e. The Hall–Kier alpha value is -1.87. The van der Waals surface area contributed by atoms with Crippen LogP contribution in [-0.2, 0) is 6.54 Å². The van der Waals surface area contributed by atoms with Gasteiger partial charge in [-0.2, -0.15) is 0 Å². The third kappa shape index (κ3) is 2.47. The summed E-state index contributed by atoms with van der Waals surface area (Å²) in [5.74, 6) is 1.10. The molecule has 2 aromatic carbocycles. The summed E-state index contributed by atoms with van der Waals surface area (Å²) in [6.45, 7) is 2.21. The molecular weight excluding hydrogens is 262 g/mol. The van der Waals surface area contributed by atoms with Gasteiger partial charge in [-0.05, 0) is 29.8 Å². The van der Waals surface area contributed by atoms with Crippen molar-refractivity contribution in [2.75, 3.05) is 18.1 Å². The van der Waals surface area contributed by atoms with E-state index in [-0.39, 0.29) is 5.75 Å². The summed E-state index contributed by atoms with van der Waals surface area (Å²) >= 11 is 6.16. The molecule has 0 spiro atoms. The molecule has 0 fully saturated rings. The molecule has 0 saturated heterocycles. The number of aromatic hydroxyl groups is 1. The fourth-order valence-corrected chi connectivity index (χ4v) is 2.50. The van der Waals surface area contributed by atoms with Crippen LogP contribution in [0.1, 0.15) is 5.56 Å². The third-order valence-corrected chi connectivity index (χ3v) is 3.57. The van der Waals surface area contributed by atoms with Gasteiger partial charge in [-0.15, -0.1) is 0 Å². The SMILES string of the molecule is Oc1ccc(CN2CCOc3ccccc32)c(Cl)c1. The lowest BCUT2D eigenvalue weighted by Gasteiger charge is -2.31. The molecule has 0 atom stereocenters. The topological polar surface area (TPSA) is 32.7 Å². The van der Waals surface area contributed by atoms with E-state index in [0.29, 0.717) is 18.2 Å². The molecule has 0 bridgehead atoms. The average Bonchev–Trinajstić information content (AvgIpc) is 2.42. The number of nitrogens with zero attached hydrogens (tertiary/aromatic N) is 1. The third-order valence-electron chi connectivity index (χ3n) is 3.22. The van der Waals surface area contributed by atoms with E-state index in [2.05, 4.69) is 4.90 Å². The molecule has 0 aliphatic carbocycles. The Morgan fingerprint density at radius 3 is 2.89 bits per heavy atom. The molecule has 2 aromatic rings. The molecule has 3 rings (SSSR count). The minimum Gasteiger partial charge on any atom is -0.508 e. The Morgan fingerprint density at radius 2 is 2.05 bits per heavy atom. The highest BCUT2D eigenvalue weighted by molar-refractivity contribution is 6.31. The lowest BCUT2D eigenvalue weighted by Crippen LogP contribution is -2.32. The average molecular weight is 276 g/mol. The van der Waals surface area contributed by atoms with Gasteiger partial charge in [0.15, 0.2) is 0 Å². The van der Waals surface area contributed by atoms with Crippen molar-refractivity contribution in [3.63, 3.8) is 0 Å². The summed E-state index contributed by atoms with van der Waals surface area (Å²) < 4.78 is 5.63. The number of para-hydroxylation sites is 2. The summed E-state index contributed by atoms with van der Waals surface area (Å²) in [7, 11) is 0. The lowest BCUT2D eigenvalue weighted by molar-refractivity contribution is 0.307. The minimum absolute atomic E-state index is 0.191. The van der Waals surface area contributed by atoms with E-state index >= 15 is 0 Å². The van der Waals surface area contributed by atoms with Crippen LogP contribution in [0.4, 0.5) is 5.69 Å². The van der Waals surface area contributed by atoms with Crippen molar-refractivity contribution < 1.29 is 9.84 Å². The maximum atomic E-state index is 9.38. The van der Waals surface area contributed by atoms with E-state index < -0.39 is 0 Å². The fourth-order valence-electron chi connectivity index (χ4n) is 2.26. The van der Waals surface area contributed by atoms with Crippen molar-refractivity contribution in [2.24, 2.45) is 0 Å². The lowest BCUT2D eigenvalue weighted by atomic mass is 10.1. The molecule has 0 radical (unpaired) electrons. The van der Waals surface area contributed by atoms with Crippen molar-refractivity contribution >= 4 is 17.3 Å². The molecule has 0 unspecified atom stereocenters.